The molecule has 5 nitrogen and oxygen atoms in total. The van der Waals surface area contributed by atoms with Gasteiger partial charge in [0.2, 0.25) is 0 Å². The zero-order valence-corrected chi connectivity index (χ0v) is 14.2. The lowest BCUT2D eigenvalue weighted by atomic mass is 10.1. The first kappa shape index (κ1) is 18.9. The molecule has 0 saturated carbocycles. The molecule has 0 radical (unpaired) electrons. The summed E-state index contributed by atoms with van der Waals surface area (Å²) < 4.78 is 6.85. The summed E-state index contributed by atoms with van der Waals surface area (Å²) in [7, 11) is 0. The second-order valence-corrected chi connectivity index (χ2v) is 5.57. The number of aromatic amines is 1. The van der Waals surface area contributed by atoms with Crippen LogP contribution in [0.15, 0.2) is 52.2 Å². The van der Waals surface area contributed by atoms with Crippen molar-refractivity contribution in [1.29, 1.82) is 0 Å². The predicted molar refractivity (Wildman–Crippen MR) is 94.5 cm³/mol. The fourth-order valence-electron chi connectivity index (χ4n) is 2.09. The summed E-state index contributed by atoms with van der Waals surface area (Å²) in [6, 6.07) is 1.30. The monoisotopic (exact) mass is 318 g/mol. The Morgan fingerprint density at radius 1 is 1.39 bits per heavy atom. The number of allylic oxidation sites excluding steroid dienone is 5. The Bertz CT molecular complexity index is 678. The molecule has 0 atom stereocenters. The van der Waals surface area contributed by atoms with Gasteiger partial charge < -0.3 is 4.74 Å². The molecule has 5 heteroatoms. The van der Waals surface area contributed by atoms with E-state index in [4.69, 9.17) is 4.74 Å². The molecule has 1 heterocycles. The lowest BCUT2D eigenvalue weighted by Crippen LogP contribution is -2.27. The minimum atomic E-state index is -0.482. The van der Waals surface area contributed by atoms with E-state index in [-0.39, 0.29) is 6.10 Å². The van der Waals surface area contributed by atoms with E-state index in [0.717, 1.165) is 31.4 Å². The lowest BCUT2D eigenvalue weighted by Gasteiger charge is -2.09. The average Bonchev–Trinajstić information content (AvgIpc) is 2.46. The molecular weight excluding hydrogens is 292 g/mol. The molecule has 0 unspecified atom stereocenters. The summed E-state index contributed by atoms with van der Waals surface area (Å²) in [5, 5.41) is 0. The second-order valence-electron chi connectivity index (χ2n) is 5.57. The van der Waals surface area contributed by atoms with Crippen molar-refractivity contribution in [2.24, 2.45) is 0 Å². The molecule has 0 spiro atoms. The quantitative estimate of drug-likeness (QED) is 0.562. The van der Waals surface area contributed by atoms with Crippen molar-refractivity contribution >= 4 is 5.70 Å². The van der Waals surface area contributed by atoms with Gasteiger partial charge in [-0.25, -0.2) is 4.79 Å². The highest BCUT2D eigenvalue weighted by Gasteiger charge is 2.01. The SMILES string of the molecule is C=C(C=C(C=CC)CCCCOC(C)C)n1ccc(=O)[nH]c1=O. The number of aromatic nitrogens is 2. The third kappa shape index (κ3) is 7.10. The topological polar surface area (TPSA) is 64.1 Å². The van der Waals surface area contributed by atoms with E-state index in [0.29, 0.717) is 5.70 Å². The third-order valence-corrected chi connectivity index (χ3v) is 3.18. The zero-order chi connectivity index (χ0) is 17.2. The minimum absolute atomic E-state index is 0.257. The van der Waals surface area contributed by atoms with Crippen LogP contribution >= 0.6 is 0 Å². The number of hydrogen-bond donors (Lipinski definition) is 1. The Hall–Kier alpha value is -2.14. The first-order valence-electron chi connectivity index (χ1n) is 7.90. The molecule has 0 aliphatic carbocycles. The van der Waals surface area contributed by atoms with E-state index in [1.165, 1.54) is 16.8 Å². The van der Waals surface area contributed by atoms with Crippen LogP contribution in [0.1, 0.15) is 40.0 Å². The third-order valence-electron chi connectivity index (χ3n) is 3.18. The summed E-state index contributed by atoms with van der Waals surface area (Å²) in [6.07, 6.45) is 10.4. The van der Waals surface area contributed by atoms with Crippen LogP contribution in [0.25, 0.3) is 5.70 Å². The van der Waals surface area contributed by atoms with Gasteiger partial charge in [0, 0.05) is 24.6 Å². The van der Waals surface area contributed by atoms with Crippen LogP contribution in [0.4, 0.5) is 0 Å². The van der Waals surface area contributed by atoms with E-state index < -0.39 is 11.2 Å². The molecule has 0 saturated heterocycles. The van der Waals surface area contributed by atoms with Gasteiger partial charge in [-0.1, -0.05) is 18.7 Å². The molecule has 126 valence electrons. The van der Waals surface area contributed by atoms with Crippen LogP contribution in [0.5, 0.6) is 0 Å². The van der Waals surface area contributed by atoms with Crippen molar-refractivity contribution < 1.29 is 4.74 Å². The number of H-pyrrole nitrogens is 1. The van der Waals surface area contributed by atoms with E-state index in [9.17, 15) is 9.59 Å². The Balaban J connectivity index is 2.72. The molecule has 1 aromatic heterocycles. The average molecular weight is 318 g/mol. The summed E-state index contributed by atoms with van der Waals surface area (Å²) in [5.74, 6) is 0. The molecule has 1 aromatic rings. The maximum absolute atomic E-state index is 11.8. The van der Waals surface area contributed by atoms with Crippen LogP contribution < -0.4 is 11.2 Å². The maximum Gasteiger partial charge on any atom is 0.332 e. The fourth-order valence-corrected chi connectivity index (χ4v) is 2.09. The zero-order valence-electron chi connectivity index (χ0n) is 14.2. The van der Waals surface area contributed by atoms with Crippen LogP contribution in [-0.4, -0.2) is 22.3 Å². The van der Waals surface area contributed by atoms with E-state index in [2.05, 4.69) is 11.6 Å². The summed E-state index contributed by atoms with van der Waals surface area (Å²) >= 11 is 0. The smallest absolute Gasteiger partial charge is 0.332 e. The van der Waals surface area contributed by atoms with Gasteiger partial charge in [-0.2, -0.15) is 0 Å². The second kappa shape index (κ2) is 9.79. The predicted octanol–water partition coefficient (Wildman–Crippen LogP) is 3.11. The van der Waals surface area contributed by atoms with Gasteiger partial charge in [-0.3, -0.25) is 14.3 Å². The van der Waals surface area contributed by atoms with Gasteiger partial charge in [-0.15, -0.1) is 0 Å². The van der Waals surface area contributed by atoms with Crippen molar-refractivity contribution in [2.45, 2.75) is 46.1 Å². The van der Waals surface area contributed by atoms with E-state index >= 15 is 0 Å². The largest absolute Gasteiger partial charge is 0.379 e. The van der Waals surface area contributed by atoms with Gasteiger partial charge >= 0.3 is 5.69 Å². The van der Waals surface area contributed by atoms with Crippen LogP contribution in [0, 0.1) is 0 Å². The van der Waals surface area contributed by atoms with Crippen molar-refractivity contribution in [3.8, 4) is 0 Å². The van der Waals surface area contributed by atoms with Crippen molar-refractivity contribution in [3.05, 3.63) is 63.5 Å². The molecular formula is C18H26N2O3. The highest BCUT2D eigenvalue weighted by molar-refractivity contribution is 5.56. The van der Waals surface area contributed by atoms with Crippen LogP contribution in [0.3, 0.4) is 0 Å². The number of ether oxygens (including phenoxy) is 1. The van der Waals surface area contributed by atoms with Gasteiger partial charge in [0.05, 0.1) is 6.10 Å². The van der Waals surface area contributed by atoms with E-state index in [1.807, 2.05) is 39.0 Å². The molecule has 0 amide bonds. The molecule has 0 aromatic carbocycles. The molecule has 0 aliphatic rings. The summed E-state index contributed by atoms with van der Waals surface area (Å²) in [6.45, 7) is 10.7. The minimum Gasteiger partial charge on any atom is -0.379 e. The number of nitrogens with one attached hydrogen (secondary N) is 1. The molecule has 0 fully saturated rings. The first-order valence-corrected chi connectivity index (χ1v) is 7.90. The fraction of sp³-hybridized carbons (Fsp3) is 0.444. The highest BCUT2D eigenvalue weighted by atomic mass is 16.5. The number of nitrogens with zero attached hydrogens (tertiary/aromatic N) is 1. The first-order chi connectivity index (χ1) is 10.9. The molecule has 0 bridgehead atoms. The number of unbranched alkanes of at least 4 members (excludes halogenated alkanes) is 1. The van der Waals surface area contributed by atoms with Crippen LogP contribution in [0.2, 0.25) is 0 Å². The molecule has 0 aliphatic heterocycles. The number of rotatable bonds is 9. The Labute approximate surface area is 137 Å². The van der Waals surface area contributed by atoms with Crippen molar-refractivity contribution in [3.63, 3.8) is 0 Å². The summed E-state index contributed by atoms with van der Waals surface area (Å²) in [5.41, 5.74) is 0.712. The summed E-state index contributed by atoms with van der Waals surface area (Å²) in [4.78, 5) is 25.1. The lowest BCUT2D eigenvalue weighted by molar-refractivity contribution is 0.0761. The van der Waals surface area contributed by atoms with Crippen molar-refractivity contribution in [1.82, 2.24) is 9.55 Å². The molecule has 1 N–H and O–H groups in total. The highest BCUT2D eigenvalue weighted by Crippen LogP contribution is 2.13. The Morgan fingerprint density at radius 2 is 2.13 bits per heavy atom. The van der Waals surface area contributed by atoms with E-state index in [1.54, 1.807) is 0 Å². The Kier molecular flexibility index (Phi) is 8.05. The van der Waals surface area contributed by atoms with Crippen LogP contribution in [-0.2, 0) is 4.74 Å². The molecule has 1 rings (SSSR count). The van der Waals surface area contributed by atoms with Crippen molar-refractivity contribution in [2.75, 3.05) is 6.61 Å². The number of hydrogen-bond acceptors (Lipinski definition) is 3. The Morgan fingerprint density at radius 3 is 2.74 bits per heavy atom. The molecule has 23 heavy (non-hydrogen) atoms. The van der Waals surface area contributed by atoms with Gasteiger partial charge in [0.25, 0.3) is 5.56 Å². The van der Waals surface area contributed by atoms with Gasteiger partial charge in [-0.05, 0) is 51.7 Å². The van der Waals surface area contributed by atoms with Gasteiger partial charge in [0.15, 0.2) is 0 Å². The normalized spacial score (nSPS) is 12.3. The standard InChI is InChI=1S/C18H26N2O3/c1-5-8-16(9-6-7-12-23-14(2)3)13-15(4)20-11-10-17(21)19-18(20)22/h5,8,10-11,13-14H,4,6-7,9,12H2,1-3H3,(H,19,21,22). The van der Waals surface area contributed by atoms with Gasteiger partial charge in [0.1, 0.15) is 0 Å². The maximum atomic E-state index is 11.8.